The number of carbonyl (C=O) groups excluding carboxylic acids is 5. The lowest BCUT2D eigenvalue weighted by Crippen LogP contribution is -2.32. The van der Waals surface area contributed by atoms with Gasteiger partial charge >= 0.3 is 0 Å². The Kier molecular flexibility index (Phi) is 36.3. The lowest BCUT2D eigenvalue weighted by molar-refractivity contribution is -0.140. The Morgan fingerprint density at radius 1 is 0.375 bits per heavy atom. The minimum absolute atomic E-state index is 0.0176. The quantitative estimate of drug-likeness (QED) is 0.0359. The van der Waals surface area contributed by atoms with Gasteiger partial charge < -0.3 is 23.7 Å². The molecule has 2 fully saturated rings. The van der Waals surface area contributed by atoms with Gasteiger partial charge in [0.25, 0.3) is 0 Å². The first-order chi connectivity index (χ1) is 64.7. The number of rotatable bonds is 35. The normalized spacial score (nSPS) is 13.0. The van der Waals surface area contributed by atoms with Gasteiger partial charge in [0.15, 0.2) is 28.9 Å². The number of hydrogen-bond donors (Lipinski definition) is 0. The summed E-state index contributed by atoms with van der Waals surface area (Å²) in [6, 6.07) is 70.2. The fourth-order valence-electron chi connectivity index (χ4n) is 14.2. The fourth-order valence-corrected chi connectivity index (χ4v) is 16.1. The zero-order valence-corrected chi connectivity index (χ0v) is 84.4. The third-order valence-electron chi connectivity index (χ3n) is 24.0. The van der Waals surface area contributed by atoms with Crippen molar-refractivity contribution in [1.29, 1.82) is 0 Å². The van der Waals surface area contributed by atoms with Crippen molar-refractivity contribution in [2.75, 3.05) is 0 Å². The second-order valence-electron chi connectivity index (χ2n) is 35.5. The van der Waals surface area contributed by atoms with Crippen LogP contribution in [-0.2, 0) is 113 Å². The van der Waals surface area contributed by atoms with Gasteiger partial charge in [-0.3, -0.25) is 47.4 Å². The number of benzene rings is 8. The SMILES string of the molecule is CC(=O)C(C)(C)OCc1cc(-c2ccc(Cl)cc2)n(Cc2ccccc2Cl)n1.CC(=O)C(C)(C)OCc1cc(-c2ccc(Cl)cc2)n(Cc2ccccc2F)n1.CC(=O)C(C)(C)OCc1cc(-c2nccs2)n(Cc2ccccc2Cl)n1.CC(=O)C(C)(C)OCc1cc(C2CCCC2)n(Cc2ccccc2Cl)n1.CC(=O)C1(OCc2cc(-c3ccc(Cl)cc3)n(Cc3ccccc3Cl)n2)CC1. The Bertz CT molecular complexity index is 6070. The largest absolute Gasteiger partial charge is 0.361 e. The van der Waals surface area contributed by atoms with Gasteiger partial charge in [0, 0.05) is 63.9 Å². The van der Waals surface area contributed by atoms with Crippen LogP contribution in [-0.4, -0.2) is 111 Å². The second-order valence-corrected chi connectivity index (χ2v) is 39.3. The van der Waals surface area contributed by atoms with Crippen molar-refractivity contribution in [3.05, 3.63) is 339 Å². The molecule has 136 heavy (non-hydrogen) atoms. The summed E-state index contributed by atoms with van der Waals surface area (Å²) < 4.78 is 52.7. The molecule has 21 nitrogen and oxygen atoms in total. The van der Waals surface area contributed by atoms with E-state index in [0.29, 0.717) is 86.7 Å². The molecule has 2 aliphatic carbocycles. The van der Waals surface area contributed by atoms with Gasteiger partial charge in [0.05, 0.1) is 117 Å². The Hall–Kier alpha value is -10.5. The summed E-state index contributed by atoms with van der Waals surface area (Å²) in [5, 5.41) is 31.1. The summed E-state index contributed by atoms with van der Waals surface area (Å²) in [6.07, 6.45) is 8.28. The number of halogens is 8. The molecule has 6 aromatic heterocycles. The van der Waals surface area contributed by atoms with Crippen LogP contribution in [0.4, 0.5) is 4.39 Å². The van der Waals surface area contributed by atoms with Crippen LogP contribution in [0.1, 0.15) is 196 Å². The maximum Gasteiger partial charge on any atom is 0.161 e. The molecule has 0 unspecified atom stereocenters. The van der Waals surface area contributed by atoms with Gasteiger partial charge in [0.2, 0.25) is 0 Å². The molecule has 0 spiro atoms. The van der Waals surface area contributed by atoms with Crippen LogP contribution in [0.2, 0.25) is 35.2 Å². The molecule has 0 saturated heterocycles. The molecule has 0 aliphatic heterocycles. The molecule has 0 atom stereocenters. The molecule has 2 saturated carbocycles. The van der Waals surface area contributed by atoms with E-state index in [1.54, 1.807) is 122 Å². The van der Waals surface area contributed by atoms with Crippen LogP contribution in [0.3, 0.4) is 0 Å². The first-order valence-electron chi connectivity index (χ1n) is 44.7. The second kappa shape index (κ2) is 47.3. The Balaban J connectivity index is 0.000000153. The monoisotopic (exact) mass is 1990 g/mol. The molecule has 0 radical (unpaired) electrons. The first-order valence-corrected chi connectivity index (χ1v) is 48.2. The number of carbonyl (C=O) groups is 5. The van der Waals surface area contributed by atoms with Crippen molar-refractivity contribution >= 4 is 121 Å². The summed E-state index contributed by atoms with van der Waals surface area (Å²) in [5.41, 5.74) is 12.1. The highest BCUT2D eigenvalue weighted by molar-refractivity contribution is 7.13. The molecule has 6 heterocycles. The third-order valence-corrected chi connectivity index (χ3v) is 27.0. The lowest BCUT2D eigenvalue weighted by atomic mass is 10.0. The highest BCUT2D eigenvalue weighted by atomic mass is 35.5. The van der Waals surface area contributed by atoms with Gasteiger partial charge in [-0.2, -0.15) is 25.5 Å². The molecule has 712 valence electrons. The minimum Gasteiger partial charge on any atom is -0.361 e. The molecule has 8 aromatic carbocycles. The number of aromatic nitrogens is 11. The van der Waals surface area contributed by atoms with Crippen molar-refractivity contribution in [3.63, 3.8) is 0 Å². The molecule has 0 N–H and O–H groups in total. The van der Waals surface area contributed by atoms with Crippen molar-refractivity contribution < 1.29 is 52.0 Å². The van der Waals surface area contributed by atoms with E-state index in [4.69, 9.17) is 120 Å². The summed E-state index contributed by atoms with van der Waals surface area (Å²) in [7, 11) is 0. The van der Waals surface area contributed by atoms with Crippen LogP contribution in [0.25, 0.3) is 44.5 Å². The number of Topliss-reactive ketones (excluding diaryl/α,β-unsaturated/α-hetero) is 5. The fraction of sp³-hybridized carbons (Fsp3) is 0.330. The molecular weight excluding hydrogens is 1890 g/mol. The van der Waals surface area contributed by atoms with Crippen LogP contribution in [0, 0.1) is 5.82 Å². The number of ether oxygens (including phenoxy) is 5. The average molecular weight is 2000 g/mol. The van der Waals surface area contributed by atoms with Gasteiger partial charge in [-0.1, -0.05) is 221 Å². The van der Waals surface area contributed by atoms with E-state index in [0.717, 1.165) is 107 Å². The molecule has 0 amide bonds. The van der Waals surface area contributed by atoms with Crippen molar-refractivity contribution in [2.45, 2.75) is 228 Å². The highest BCUT2D eigenvalue weighted by Crippen LogP contribution is 2.42. The van der Waals surface area contributed by atoms with Crippen molar-refractivity contribution in [2.24, 2.45) is 0 Å². The third kappa shape index (κ3) is 28.9. The van der Waals surface area contributed by atoms with Crippen LogP contribution < -0.4 is 0 Å². The molecule has 30 heteroatoms. The predicted octanol–water partition coefficient (Wildman–Crippen LogP) is 26.3. The van der Waals surface area contributed by atoms with E-state index in [1.165, 1.54) is 58.2 Å². The van der Waals surface area contributed by atoms with Crippen LogP contribution in [0.15, 0.2) is 236 Å². The van der Waals surface area contributed by atoms with E-state index in [2.05, 4.69) is 25.9 Å². The summed E-state index contributed by atoms with van der Waals surface area (Å²) in [6.45, 7) is 25.6. The average Bonchev–Trinajstić information content (AvgIpc) is 1.63. The lowest BCUT2D eigenvalue weighted by Gasteiger charge is -2.21. The van der Waals surface area contributed by atoms with Gasteiger partial charge in [-0.25, -0.2) is 9.37 Å². The highest BCUT2D eigenvalue weighted by Gasteiger charge is 2.49. The molecule has 0 bridgehead atoms. The molecule has 14 aromatic rings. The maximum absolute atomic E-state index is 14.1. The molecule has 16 rings (SSSR count). The van der Waals surface area contributed by atoms with Crippen molar-refractivity contribution in [1.82, 2.24) is 53.9 Å². The summed E-state index contributed by atoms with van der Waals surface area (Å²) in [4.78, 5) is 62.9. The van der Waals surface area contributed by atoms with E-state index in [9.17, 15) is 28.4 Å². The van der Waals surface area contributed by atoms with Gasteiger partial charge in [-0.05, 0) is 252 Å². The topological polar surface area (TPSA) is 233 Å². The number of nitrogens with zero attached hydrogens (tertiary/aromatic N) is 11. The maximum atomic E-state index is 14.1. The molecule has 2 aliphatic rings. The van der Waals surface area contributed by atoms with Crippen molar-refractivity contribution in [3.8, 4) is 44.5 Å². The Morgan fingerprint density at radius 3 is 0.971 bits per heavy atom. The van der Waals surface area contributed by atoms with E-state index in [-0.39, 0.29) is 61.1 Å². The first kappa shape index (κ1) is 104. The zero-order chi connectivity index (χ0) is 97.8. The summed E-state index contributed by atoms with van der Waals surface area (Å²) in [5.74, 6) is 0.255. The van der Waals surface area contributed by atoms with Crippen LogP contribution in [0.5, 0.6) is 0 Å². The molecular formula is C106H111Cl7FN11O10S. The van der Waals surface area contributed by atoms with Crippen LogP contribution >= 0.6 is 92.5 Å². The minimum atomic E-state index is -0.893. The van der Waals surface area contributed by atoms with Gasteiger partial charge in [-0.15, -0.1) is 11.3 Å². The number of hydrogen-bond acceptors (Lipinski definition) is 17. The zero-order valence-electron chi connectivity index (χ0n) is 78.3. The van der Waals surface area contributed by atoms with E-state index >= 15 is 0 Å². The number of ketones is 5. The van der Waals surface area contributed by atoms with Gasteiger partial charge in [0.1, 0.15) is 38.8 Å². The number of thiazole rings is 1. The van der Waals surface area contributed by atoms with E-state index < -0.39 is 28.0 Å². The smallest absolute Gasteiger partial charge is 0.161 e. The predicted molar refractivity (Wildman–Crippen MR) is 538 cm³/mol. The Labute approximate surface area is 832 Å². The standard InChI is InChI=1S/C22H20Cl2N2O2.C22H22Cl2N2O2.C22H22ClFN2O2.C21H27ClN2O2.C19H20ClN3O2S/c1-15(27)22(10-11-22)28-14-19-12-21(16-6-8-18(23)9-7-16)26(25-19)13-17-4-2-3-5-20(17)24;2*1-15(27)22(2,3)28-14-19-12-21(16-8-10-18(23)11-9-16)26(25-19)13-17-6-4-5-7-20(17)24;1-15(25)21(2,3)26-14-18-12-20(16-8-4-5-9-16)24(23-18)13-17-10-6-7-11-19(17)22;1-13(24)19(2,3)25-12-15-10-17(18-21-8-9-26-18)23(22-15)11-14-6-4-5-7-16(14)20/h2-9,12H,10-11,13-14H2,1H3;2*4-12H,13-14H2,1-3H3;6-7,10-12,16H,4-5,8-9,13-14H2,1-3H3;4-10H,11-12H2,1-3H3. The summed E-state index contributed by atoms with van der Waals surface area (Å²) >= 11 is 44.9. The Morgan fingerprint density at radius 2 is 0.662 bits per heavy atom. The van der Waals surface area contributed by atoms with E-state index in [1.807, 2.05) is 201 Å².